The van der Waals surface area contributed by atoms with Gasteiger partial charge in [0.2, 0.25) is 5.71 Å². The van der Waals surface area contributed by atoms with Crippen molar-refractivity contribution < 1.29 is 4.42 Å². The van der Waals surface area contributed by atoms with Gasteiger partial charge in [-0.1, -0.05) is 78.9 Å². The first kappa shape index (κ1) is 20.9. The summed E-state index contributed by atoms with van der Waals surface area (Å²) in [5.41, 5.74) is 2.43. The van der Waals surface area contributed by atoms with Crippen LogP contribution in [0, 0.1) is 0 Å². The van der Waals surface area contributed by atoms with Gasteiger partial charge < -0.3 is 4.42 Å². The second-order valence-electron chi connectivity index (χ2n) is 9.58. The number of hydrogen-bond donors (Lipinski definition) is 0. The third kappa shape index (κ3) is 3.31. The molecule has 0 N–H and O–H groups in total. The summed E-state index contributed by atoms with van der Waals surface area (Å²) in [7, 11) is 0. The maximum Gasteiger partial charge on any atom is 0.229 e. The molecule has 0 unspecified atom stereocenters. The highest BCUT2D eigenvalue weighted by Crippen LogP contribution is 2.38. The van der Waals surface area contributed by atoms with Crippen molar-refractivity contribution in [2.75, 3.05) is 4.90 Å². The number of aromatic nitrogens is 2. The Hall–Kier alpha value is -5.22. The van der Waals surface area contributed by atoms with E-state index in [2.05, 4.69) is 114 Å². The lowest BCUT2D eigenvalue weighted by atomic mass is 10.1. The molecule has 0 fully saturated rings. The first-order chi connectivity index (χ1) is 18.8. The van der Waals surface area contributed by atoms with E-state index in [4.69, 9.17) is 14.4 Å². The SMILES string of the molecule is c1ccc2cc(N(c3cc4ccccc4cn3)c3ccc4c(n3)oc3cc5ccccc5cc34)ccc2c1. The largest absolute Gasteiger partial charge is 0.438 e. The molecule has 0 saturated heterocycles. The molecule has 0 aliphatic carbocycles. The number of rotatable bonds is 3. The summed E-state index contributed by atoms with van der Waals surface area (Å²) < 4.78 is 6.31. The van der Waals surface area contributed by atoms with Gasteiger partial charge in [0, 0.05) is 28.0 Å². The molecule has 0 atom stereocenters. The van der Waals surface area contributed by atoms with Crippen molar-refractivity contribution in [1.29, 1.82) is 0 Å². The van der Waals surface area contributed by atoms with E-state index in [-0.39, 0.29) is 0 Å². The van der Waals surface area contributed by atoms with E-state index < -0.39 is 0 Å². The van der Waals surface area contributed by atoms with E-state index in [9.17, 15) is 0 Å². The molecule has 0 aliphatic rings. The number of pyridine rings is 2. The summed E-state index contributed by atoms with van der Waals surface area (Å²) in [6.45, 7) is 0. The second kappa shape index (κ2) is 8.15. The zero-order valence-electron chi connectivity index (χ0n) is 20.4. The highest BCUT2D eigenvalue weighted by atomic mass is 16.3. The summed E-state index contributed by atoms with van der Waals surface area (Å²) in [5.74, 6) is 1.55. The van der Waals surface area contributed by atoms with Gasteiger partial charge in [0.15, 0.2) is 0 Å². The minimum Gasteiger partial charge on any atom is -0.438 e. The minimum absolute atomic E-state index is 0.611. The quantitative estimate of drug-likeness (QED) is 0.249. The van der Waals surface area contributed by atoms with Crippen LogP contribution in [0.3, 0.4) is 0 Å². The van der Waals surface area contributed by atoms with Gasteiger partial charge in [-0.05, 0) is 69.4 Å². The molecule has 0 saturated carbocycles. The molecular formula is C34H21N3O. The van der Waals surface area contributed by atoms with Crippen molar-refractivity contribution in [2.24, 2.45) is 0 Å². The van der Waals surface area contributed by atoms with Crippen molar-refractivity contribution in [2.45, 2.75) is 0 Å². The van der Waals surface area contributed by atoms with Gasteiger partial charge >= 0.3 is 0 Å². The zero-order valence-corrected chi connectivity index (χ0v) is 20.4. The average molecular weight is 488 g/mol. The van der Waals surface area contributed by atoms with Crippen LogP contribution >= 0.6 is 0 Å². The molecule has 178 valence electrons. The van der Waals surface area contributed by atoms with Crippen molar-refractivity contribution in [3.63, 3.8) is 0 Å². The lowest BCUT2D eigenvalue weighted by Crippen LogP contribution is -2.13. The van der Waals surface area contributed by atoms with Crippen LogP contribution in [-0.2, 0) is 0 Å². The van der Waals surface area contributed by atoms with Crippen LogP contribution < -0.4 is 4.90 Å². The van der Waals surface area contributed by atoms with Crippen LogP contribution in [-0.4, -0.2) is 9.97 Å². The lowest BCUT2D eigenvalue weighted by Gasteiger charge is -2.23. The Kier molecular flexibility index (Phi) is 4.49. The monoisotopic (exact) mass is 487 g/mol. The number of nitrogens with zero attached hydrogens (tertiary/aromatic N) is 3. The van der Waals surface area contributed by atoms with Crippen LogP contribution in [0.15, 0.2) is 132 Å². The Morgan fingerprint density at radius 2 is 1.16 bits per heavy atom. The molecule has 3 aromatic heterocycles. The maximum atomic E-state index is 6.31. The average Bonchev–Trinajstić information content (AvgIpc) is 3.32. The van der Waals surface area contributed by atoms with Gasteiger partial charge in [-0.2, -0.15) is 4.98 Å². The highest BCUT2D eigenvalue weighted by Gasteiger charge is 2.19. The Morgan fingerprint density at radius 1 is 0.500 bits per heavy atom. The third-order valence-electron chi connectivity index (χ3n) is 7.26. The number of fused-ring (bicyclic) bond motifs is 6. The van der Waals surface area contributed by atoms with E-state index in [0.29, 0.717) is 5.71 Å². The Bertz CT molecular complexity index is 2080. The Morgan fingerprint density at radius 3 is 1.95 bits per heavy atom. The molecule has 0 spiro atoms. The second-order valence-corrected chi connectivity index (χ2v) is 9.58. The van der Waals surface area contributed by atoms with Crippen LogP contribution in [0.25, 0.3) is 54.4 Å². The predicted octanol–water partition coefficient (Wildman–Crippen LogP) is 9.31. The van der Waals surface area contributed by atoms with Gasteiger partial charge in [0.05, 0.1) is 0 Å². The highest BCUT2D eigenvalue weighted by molar-refractivity contribution is 6.09. The van der Waals surface area contributed by atoms with Gasteiger partial charge in [-0.25, -0.2) is 4.98 Å². The fourth-order valence-electron chi connectivity index (χ4n) is 5.35. The standard InChI is InChI=1S/C34H21N3O/c1-2-8-23-17-28(14-13-22(23)7-1)37(33-20-26-11-5-6-12-27(26)21-35-33)32-16-15-29-30-18-24-9-3-4-10-25(24)19-31(30)38-34(29)36-32/h1-21H. The molecule has 0 bridgehead atoms. The Labute approximate surface area is 218 Å². The van der Waals surface area contributed by atoms with Crippen LogP contribution in [0.4, 0.5) is 17.3 Å². The molecule has 8 aromatic rings. The van der Waals surface area contributed by atoms with Crippen LogP contribution in [0.2, 0.25) is 0 Å². The third-order valence-corrected chi connectivity index (χ3v) is 7.26. The number of hydrogen-bond acceptors (Lipinski definition) is 4. The lowest BCUT2D eigenvalue weighted by molar-refractivity contribution is 0.654. The summed E-state index contributed by atoms with van der Waals surface area (Å²) in [4.78, 5) is 12.0. The molecule has 38 heavy (non-hydrogen) atoms. The van der Waals surface area contributed by atoms with Gasteiger partial charge in [-0.3, -0.25) is 4.90 Å². The summed E-state index contributed by atoms with van der Waals surface area (Å²) in [6, 6.07) is 42.0. The van der Waals surface area contributed by atoms with Crippen molar-refractivity contribution in [1.82, 2.24) is 9.97 Å². The first-order valence-electron chi connectivity index (χ1n) is 12.7. The number of anilines is 3. The summed E-state index contributed by atoms with van der Waals surface area (Å²) in [6.07, 6.45) is 1.92. The van der Waals surface area contributed by atoms with E-state index >= 15 is 0 Å². The fraction of sp³-hybridized carbons (Fsp3) is 0. The van der Waals surface area contributed by atoms with Crippen LogP contribution in [0.5, 0.6) is 0 Å². The number of furan rings is 1. The van der Waals surface area contributed by atoms with E-state index in [1.165, 1.54) is 10.8 Å². The van der Waals surface area contributed by atoms with Gasteiger partial charge in [-0.15, -0.1) is 0 Å². The van der Waals surface area contributed by atoms with Crippen LogP contribution in [0.1, 0.15) is 0 Å². The van der Waals surface area contributed by atoms with Crippen molar-refractivity contribution in [3.8, 4) is 0 Å². The minimum atomic E-state index is 0.611. The molecule has 4 heteroatoms. The van der Waals surface area contributed by atoms with Gasteiger partial charge in [0.1, 0.15) is 17.2 Å². The van der Waals surface area contributed by atoms with Crippen molar-refractivity contribution in [3.05, 3.63) is 128 Å². The zero-order chi connectivity index (χ0) is 25.1. The van der Waals surface area contributed by atoms with E-state index in [0.717, 1.165) is 55.2 Å². The predicted molar refractivity (Wildman–Crippen MR) is 157 cm³/mol. The molecule has 8 rings (SSSR count). The molecule has 3 heterocycles. The Balaban J connectivity index is 1.35. The maximum absolute atomic E-state index is 6.31. The summed E-state index contributed by atoms with van der Waals surface area (Å²) >= 11 is 0. The van der Waals surface area contributed by atoms with Gasteiger partial charge in [0.25, 0.3) is 0 Å². The number of benzene rings is 5. The smallest absolute Gasteiger partial charge is 0.229 e. The van der Waals surface area contributed by atoms with E-state index in [1.807, 2.05) is 18.3 Å². The first-order valence-corrected chi connectivity index (χ1v) is 12.7. The molecule has 0 aliphatic heterocycles. The topological polar surface area (TPSA) is 42.2 Å². The fourth-order valence-corrected chi connectivity index (χ4v) is 5.35. The molecule has 0 radical (unpaired) electrons. The molecule has 5 aromatic carbocycles. The summed E-state index contributed by atoms with van der Waals surface area (Å²) in [5, 5.41) is 8.98. The molecular weight excluding hydrogens is 466 g/mol. The molecule has 0 amide bonds. The van der Waals surface area contributed by atoms with Crippen molar-refractivity contribution >= 4 is 71.7 Å². The van der Waals surface area contributed by atoms with E-state index in [1.54, 1.807) is 0 Å². The molecule has 4 nitrogen and oxygen atoms in total. The normalized spacial score (nSPS) is 11.7.